The normalized spacial score (nSPS) is 11.6. The maximum Gasteiger partial charge on any atom is 0.337 e. The fourth-order valence-electron chi connectivity index (χ4n) is 3.56. The standard InChI is InChI=1S/C26H22N2O4.2C2H6.2H3N/c1-16-5-3-4-6-22(16)27-24(29)18-10-7-17(8-11-18)9-13-20-21-15-19(26(31)32-2)12-14-23(21)28-25(20)30;2*1-2;;/h3-8,10-15H,9H2,1-2H3,(H,27,29)(H,28,30);2*1-2H3;2*1H3/b20-13-;;;;. The van der Waals surface area contributed by atoms with Crippen molar-refractivity contribution in [2.75, 3.05) is 17.7 Å². The highest BCUT2D eigenvalue weighted by molar-refractivity contribution is 6.31. The number of carbonyl (C=O) groups is 3. The van der Waals surface area contributed by atoms with E-state index in [0.29, 0.717) is 34.4 Å². The van der Waals surface area contributed by atoms with E-state index in [0.717, 1.165) is 16.8 Å². The SMILES string of the molecule is CC.CC.COC(=O)c1ccc2c(c1)/C(=C/Cc1ccc(C(=O)Nc3ccccc3C)cc1)C(=O)N2.N.N. The van der Waals surface area contributed by atoms with Gasteiger partial charge in [0.05, 0.1) is 12.7 Å². The van der Waals surface area contributed by atoms with Crippen LogP contribution in [-0.4, -0.2) is 24.9 Å². The third kappa shape index (κ3) is 8.12. The first-order valence-electron chi connectivity index (χ1n) is 12.2. The van der Waals surface area contributed by atoms with E-state index < -0.39 is 5.97 Å². The lowest BCUT2D eigenvalue weighted by Crippen LogP contribution is -2.12. The van der Waals surface area contributed by atoms with E-state index in [1.54, 1.807) is 30.3 Å². The Morgan fingerprint density at radius 2 is 1.50 bits per heavy atom. The zero-order valence-electron chi connectivity index (χ0n) is 23.2. The molecule has 204 valence electrons. The monoisotopic (exact) mass is 520 g/mol. The molecule has 0 fully saturated rings. The van der Waals surface area contributed by atoms with E-state index in [9.17, 15) is 14.4 Å². The van der Waals surface area contributed by atoms with Gasteiger partial charge in [-0.15, -0.1) is 0 Å². The molecule has 0 aliphatic carbocycles. The first-order valence-corrected chi connectivity index (χ1v) is 12.2. The predicted molar refractivity (Wildman–Crippen MR) is 156 cm³/mol. The van der Waals surface area contributed by atoms with E-state index >= 15 is 0 Å². The first-order chi connectivity index (χ1) is 17.5. The van der Waals surface area contributed by atoms with Crippen LogP contribution in [0.5, 0.6) is 0 Å². The van der Waals surface area contributed by atoms with Gasteiger partial charge >= 0.3 is 5.97 Å². The molecule has 2 amide bonds. The molecule has 0 atom stereocenters. The quantitative estimate of drug-likeness (QED) is 0.210. The van der Waals surface area contributed by atoms with Crippen LogP contribution in [0.4, 0.5) is 11.4 Å². The zero-order chi connectivity index (χ0) is 26.7. The number of fused-ring (bicyclic) bond motifs is 1. The van der Waals surface area contributed by atoms with Crippen LogP contribution in [0.2, 0.25) is 0 Å². The average Bonchev–Trinajstić information content (AvgIpc) is 3.24. The maximum atomic E-state index is 12.5. The second kappa shape index (κ2) is 16.5. The molecule has 3 aromatic rings. The molecule has 38 heavy (non-hydrogen) atoms. The number of hydrogen-bond acceptors (Lipinski definition) is 6. The lowest BCUT2D eigenvalue weighted by atomic mass is 10.0. The molecule has 0 radical (unpaired) electrons. The van der Waals surface area contributed by atoms with Gasteiger partial charge in [0.25, 0.3) is 11.8 Å². The van der Waals surface area contributed by atoms with Gasteiger partial charge in [0.1, 0.15) is 0 Å². The molecule has 0 bridgehead atoms. The number of anilines is 2. The molecule has 0 aromatic heterocycles. The molecule has 1 heterocycles. The van der Waals surface area contributed by atoms with Crippen molar-refractivity contribution >= 4 is 34.7 Å². The summed E-state index contributed by atoms with van der Waals surface area (Å²) < 4.78 is 4.77. The molecule has 8 N–H and O–H groups in total. The van der Waals surface area contributed by atoms with Crippen LogP contribution in [0.15, 0.2) is 72.8 Å². The maximum absolute atomic E-state index is 12.5. The van der Waals surface area contributed by atoms with E-state index in [-0.39, 0.29) is 24.1 Å². The Balaban J connectivity index is 0.00000218. The molecule has 1 aliphatic rings. The number of para-hydroxylation sites is 1. The van der Waals surface area contributed by atoms with Crippen molar-refractivity contribution < 1.29 is 19.1 Å². The fourth-order valence-corrected chi connectivity index (χ4v) is 3.56. The van der Waals surface area contributed by atoms with Gasteiger partial charge in [0.2, 0.25) is 0 Å². The minimum atomic E-state index is -0.453. The zero-order valence-corrected chi connectivity index (χ0v) is 23.2. The number of amides is 2. The highest BCUT2D eigenvalue weighted by Crippen LogP contribution is 2.33. The van der Waals surface area contributed by atoms with Gasteiger partial charge in [0.15, 0.2) is 0 Å². The van der Waals surface area contributed by atoms with Crippen molar-refractivity contribution in [2.24, 2.45) is 0 Å². The largest absolute Gasteiger partial charge is 0.465 e. The number of carbonyl (C=O) groups excluding carboxylic acids is 3. The van der Waals surface area contributed by atoms with Crippen molar-refractivity contribution in [3.63, 3.8) is 0 Å². The van der Waals surface area contributed by atoms with Crippen molar-refractivity contribution in [3.8, 4) is 0 Å². The van der Waals surface area contributed by atoms with Crippen LogP contribution >= 0.6 is 0 Å². The third-order valence-corrected chi connectivity index (χ3v) is 5.37. The fraction of sp³-hybridized carbons (Fsp3) is 0.233. The highest BCUT2D eigenvalue weighted by atomic mass is 16.5. The Morgan fingerprint density at radius 3 is 2.11 bits per heavy atom. The molecule has 8 nitrogen and oxygen atoms in total. The van der Waals surface area contributed by atoms with Crippen LogP contribution in [0, 0.1) is 6.92 Å². The van der Waals surface area contributed by atoms with E-state index in [2.05, 4.69) is 10.6 Å². The molecule has 3 aromatic carbocycles. The number of esters is 1. The average molecular weight is 521 g/mol. The summed E-state index contributed by atoms with van der Waals surface area (Å²) >= 11 is 0. The summed E-state index contributed by atoms with van der Waals surface area (Å²) in [5.74, 6) is -0.842. The highest BCUT2D eigenvalue weighted by Gasteiger charge is 2.25. The number of rotatable bonds is 5. The number of allylic oxidation sites excluding steroid dienone is 1. The summed E-state index contributed by atoms with van der Waals surface area (Å²) in [6.45, 7) is 9.94. The van der Waals surface area contributed by atoms with Gasteiger partial charge in [0, 0.05) is 28.1 Å². The van der Waals surface area contributed by atoms with Crippen LogP contribution in [0.25, 0.3) is 5.57 Å². The Hall–Kier alpha value is -4.27. The lowest BCUT2D eigenvalue weighted by Gasteiger charge is -2.08. The number of ether oxygens (including phenoxy) is 1. The lowest BCUT2D eigenvalue weighted by molar-refractivity contribution is -0.110. The van der Waals surface area contributed by atoms with Gasteiger partial charge in [-0.25, -0.2) is 4.79 Å². The van der Waals surface area contributed by atoms with Crippen LogP contribution < -0.4 is 22.9 Å². The first kappa shape index (κ1) is 33.7. The molecule has 0 unspecified atom stereocenters. The summed E-state index contributed by atoms with van der Waals surface area (Å²) in [5.41, 5.74) is 5.51. The molecule has 8 heteroatoms. The molecule has 0 saturated carbocycles. The number of hydrogen-bond donors (Lipinski definition) is 4. The van der Waals surface area contributed by atoms with Crippen molar-refractivity contribution in [2.45, 2.75) is 41.0 Å². The molecule has 4 rings (SSSR count). The molecule has 0 spiro atoms. The molecule has 0 saturated heterocycles. The summed E-state index contributed by atoms with van der Waals surface area (Å²) in [4.78, 5) is 36.7. The Kier molecular flexibility index (Phi) is 14.6. The van der Waals surface area contributed by atoms with E-state index in [1.165, 1.54) is 7.11 Å². The van der Waals surface area contributed by atoms with Crippen LogP contribution in [0.1, 0.15) is 65.1 Å². The molecular weight excluding hydrogens is 480 g/mol. The molecule has 1 aliphatic heterocycles. The van der Waals surface area contributed by atoms with E-state index in [4.69, 9.17) is 4.74 Å². The number of aryl methyl sites for hydroxylation is 1. The minimum absolute atomic E-state index is 0. The number of methoxy groups -OCH3 is 1. The van der Waals surface area contributed by atoms with Gasteiger partial charge < -0.3 is 27.7 Å². The molecular formula is C30H40N4O4. The van der Waals surface area contributed by atoms with Gasteiger partial charge in [-0.3, -0.25) is 9.59 Å². The van der Waals surface area contributed by atoms with Gasteiger partial charge in [-0.05, 0) is 60.9 Å². The third-order valence-electron chi connectivity index (χ3n) is 5.37. The second-order valence-corrected chi connectivity index (χ2v) is 7.49. The van der Waals surface area contributed by atoms with Crippen molar-refractivity contribution in [1.82, 2.24) is 12.3 Å². The Morgan fingerprint density at radius 1 is 0.895 bits per heavy atom. The number of nitrogens with one attached hydrogen (secondary N) is 2. The topological polar surface area (TPSA) is 154 Å². The van der Waals surface area contributed by atoms with Crippen LogP contribution in [0.3, 0.4) is 0 Å². The summed E-state index contributed by atoms with van der Waals surface area (Å²) in [5, 5.41) is 5.72. The Bertz CT molecular complexity index is 1250. The summed E-state index contributed by atoms with van der Waals surface area (Å²) in [6.07, 6.45) is 2.33. The smallest absolute Gasteiger partial charge is 0.337 e. The van der Waals surface area contributed by atoms with Crippen molar-refractivity contribution in [3.05, 3.63) is 101 Å². The Labute approximate surface area is 225 Å². The van der Waals surface area contributed by atoms with E-state index in [1.807, 2.05) is 77.1 Å². The number of benzene rings is 3. The van der Waals surface area contributed by atoms with Crippen molar-refractivity contribution in [1.29, 1.82) is 0 Å². The summed E-state index contributed by atoms with van der Waals surface area (Å²) in [7, 11) is 1.32. The van der Waals surface area contributed by atoms with Gasteiger partial charge in [-0.2, -0.15) is 0 Å². The second-order valence-electron chi connectivity index (χ2n) is 7.49. The predicted octanol–water partition coefficient (Wildman–Crippen LogP) is 6.99. The van der Waals surface area contributed by atoms with Gasteiger partial charge in [-0.1, -0.05) is 64.1 Å². The summed E-state index contributed by atoms with van der Waals surface area (Å²) in [6, 6.07) is 19.8. The minimum Gasteiger partial charge on any atom is -0.465 e. The van der Waals surface area contributed by atoms with Crippen LogP contribution in [-0.2, 0) is 16.0 Å².